The van der Waals surface area contributed by atoms with Gasteiger partial charge in [-0.2, -0.15) is 5.10 Å². The highest BCUT2D eigenvalue weighted by Gasteiger charge is 2.25. The third-order valence-electron chi connectivity index (χ3n) is 4.62. The van der Waals surface area contributed by atoms with Crippen LogP contribution in [0.2, 0.25) is 0 Å². The van der Waals surface area contributed by atoms with Gasteiger partial charge in [-0.1, -0.05) is 18.2 Å². The van der Waals surface area contributed by atoms with Crippen molar-refractivity contribution in [1.29, 1.82) is 0 Å². The van der Waals surface area contributed by atoms with Crippen molar-refractivity contribution in [3.8, 4) is 5.75 Å². The summed E-state index contributed by atoms with van der Waals surface area (Å²) in [5.41, 5.74) is 4.53. The van der Waals surface area contributed by atoms with Crippen LogP contribution >= 0.6 is 0 Å². The molecule has 0 aliphatic carbocycles. The number of hydrogen-bond acceptors (Lipinski definition) is 3. The summed E-state index contributed by atoms with van der Waals surface area (Å²) in [5.74, 6) is 0.833. The van der Waals surface area contributed by atoms with Crippen LogP contribution in [-0.4, -0.2) is 28.8 Å². The molecule has 5 heteroatoms. The van der Waals surface area contributed by atoms with E-state index >= 15 is 0 Å². The van der Waals surface area contributed by atoms with Crippen molar-refractivity contribution in [3.05, 3.63) is 46.8 Å². The molecule has 1 aliphatic heterocycles. The highest BCUT2D eigenvalue weighted by molar-refractivity contribution is 5.79. The lowest BCUT2D eigenvalue weighted by molar-refractivity contribution is -0.126. The molecule has 1 aromatic heterocycles. The van der Waals surface area contributed by atoms with Gasteiger partial charge in [-0.25, -0.2) is 0 Å². The van der Waals surface area contributed by atoms with Crippen LogP contribution in [0.3, 0.4) is 0 Å². The number of carbonyl (C=O) groups is 1. The Bertz CT molecular complexity index is 721. The summed E-state index contributed by atoms with van der Waals surface area (Å²) in [6.45, 7) is 7.86. The Labute approximate surface area is 136 Å². The lowest BCUT2D eigenvalue weighted by Crippen LogP contribution is -2.38. The molecule has 0 fully saturated rings. The molecule has 0 saturated carbocycles. The predicted octanol–water partition coefficient (Wildman–Crippen LogP) is 2.18. The van der Waals surface area contributed by atoms with E-state index in [1.165, 1.54) is 5.56 Å². The summed E-state index contributed by atoms with van der Waals surface area (Å²) in [7, 11) is 0. The van der Waals surface area contributed by atoms with Crippen LogP contribution in [0.5, 0.6) is 5.75 Å². The largest absolute Gasteiger partial charge is 0.492 e. The normalized spacial score (nSPS) is 16.6. The highest BCUT2D eigenvalue weighted by Crippen LogP contribution is 2.26. The fraction of sp³-hybridized carbons (Fsp3) is 0.444. The molecule has 0 bridgehead atoms. The molecule has 5 nitrogen and oxygen atoms in total. The van der Waals surface area contributed by atoms with Crippen LogP contribution in [0.25, 0.3) is 0 Å². The van der Waals surface area contributed by atoms with Gasteiger partial charge in [0, 0.05) is 12.2 Å². The first-order valence-corrected chi connectivity index (χ1v) is 8.05. The van der Waals surface area contributed by atoms with Gasteiger partial charge in [-0.3, -0.25) is 9.48 Å². The minimum atomic E-state index is -0.118. The Morgan fingerprint density at radius 2 is 2.13 bits per heavy atom. The molecule has 1 aliphatic rings. The zero-order valence-corrected chi connectivity index (χ0v) is 13.9. The van der Waals surface area contributed by atoms with Gasteiger partial charge in [0.05, 0.1) is 18.2 Å². The monoisotopic (exact) mass is 313 g/mol. The molecule has 0 radical (unpaired) electrons. The third-order valence-corrected chi connectivity index (χ3v) is 4.62. The number of para-hydroxylation sites is 1. The Hall–Kier alpha value is -2.30. The molecule has 1 amide bonds. The molecule has 122 valence electrons. The third kappa shape index (κ3) is 3.23. The van der Waals surface area contributed by atoms with Crippen LogP contribution < -0.4 is 10.1 Å². The molecular formula is C18H23N3O2. The Kier molecular flexibility index (Phi) is 4.37. The van der Waals surface area contributed by atoms with Crippen LogP contribution in [0.15, 0.2) is 24.3 Å². The SMILES string of the molecule is Cc1nn(CCNC(=O)C2COc3ccccc3C2)c(C)c1C. The van der Waals surface area contributed by atoms with Crippen LogP contribution in [0.4, 0.5) is 0 Å². The minimum absolute atomic E-state index is 0.0535. The second-order valence-electron chi connectivity index (χ2n) is 6.13. The van der Waals surface area contributed by atoms with Crippen molar-refractivity contribution in [2.45, 2.75) is 33.7 Å². The fourth-order valence-corrected chi connectivity index (χ4v) is 2.93. The number of hydrogen-bond donors (Lipinski definition) is 1. The van der Waals surface area contributed by atoms with E-state index in [4.69, 9.17) is 4.74 Å². The van der Waals surface area contributed by atoms with Crippen molar-refractivity contribution in [1.82, 2.24) is 15.1 Å². The number of fused-ring (bicyclic) bond motifs is 1. The van der Waals surface area contributed by atoms with Crippen LogP contribution in [0, 0.1) is 26.7 Å². The maximum atomic E-state index is 12.3. The van der Waals surface area contributed by atoms with Crippen molar-refractivity contribution in [2.24, 2.45) is 5.92 Å². The highest BCUT2D eigenvalue weighted by atomic mass is 16.5. The van der Waals surface area contributed by atoms with Gasteiger partial charge in [0.25, 0.3) is 0 Å². The quantitative estimate of drug-likeness (QED) is 0.941. The molecule has 2 heterocycles. The smallest absolute Gasteiger partial charge is 0.226 e. The molecule has 3 rings (SSSR count). The zero-order valence-electron chi connectivity index (χ0n) is 13.9. The Morgan fingerprint density at radius 1 is 1.35 bits per heavy atom. The van der Waals surface area contributed by atoms with E-state index in [0.29, 0.717) is 19.7 Å². The molecule has 1 N–H and O–H groups in total. The maximum absolute atomic E-state index is 12.3. The van der Waals surface area contributed by atoms with Gasteiger partial charge in [-0.05, 0) is 44.4 Å². The second-order valence-corrected chi connectivity index (χ2v) is 6.13. The summed E-state index contributed by atoms with van der Waals surface area (Å²) < 4.78 is 7.64. The van der Waals surface area contributed by atoms with E-state index in [1.54, 1.807) is 0 Å². The summed E-state index contributed by atoms with van der Waals surface area (Å²) in [5, 5.41) is 7.50. The molecule has 2 aromatic rings. The van der Waals surface area contributed by atoms with Gasteiger partial charge in [0.1, 0.15) is 12.4 Å². The number of rotatable bonds is 4. The number of ether oxygens (including phenoxy) is 1. The van der Waals surface area contributed by atoms with Gasteiger partial charge in [0.15, 0.2) is 0 Å². The van der Waals surface area contributed by atoms with Crippen LogP contribution in [0.1, 0.15) is 22.5 Å². The number of aryl methyl sites for hydroxylation is 1. The molecule has 1 aromatic carbocycles. The number of benzene rings is 1. The van der Waals surface area contributed by atoms with E-state index in [0.717, 1.165) is 29.1 Å². The Balaban J connectivity index is 1.53. The number of nitrogens with one attached hydrogen (secondary N) is 1. The topological polar surface area (TPSA) is 56.2 Å². The summed E-state index contributed by atoms with van der Waals surface area (Å²) in [4.78, 5) is 12.3. The lowest BCUT2D eigenvalue weighted by Gasteiger charge is -2.24. The summed E-state index contributed by atoms with van der Waals surface area (Å²) >= 11 is 0. The molecule has 1 unspecified atom stereocenters. The van der Waals surface area contributed by atoms with Crippen molar-refractivity contribution in [3.63, 3.8) is 0 Å². The van der Waals surface area contributed by atoms with Gasteiger partial charge in [-0.15, -0.1) is 0 Å². The number of aromatic nitrogens is 2. The number of carbonyl (C=O) groups excluding carboxylic acids is 1. The van der Waals surface area contributed by atoms with E-state index in [2.05, 4.69) is 24.3 Å². The molecule has 23 heavy (non-hydrogen) atoms. The first kappa shape index (κ1) is 15.6. The summed E-state index contributed by atoms with van der Waals surface area (Å²) in [6, 6.07) is 7.91. The van der Waals surface area contributed by atoms with Gasteiger partial charge >= 0.3 is 0 Å². The molecule has 0 saturated heterocycles. The lowest BCUT2D eigenvalue weighted by atomic mass is 9.96. The fourth-order valence-electron chi connectivity index (χ4n) is 2.93. The number of amides is 1. The minimum Gasteiger partial charge on any atom is -0.492 e. The first-order valence-electron chi connectivity index (χ1n) is 8.05. The second kappa shape index (κ2) is 6.44. The standard InChI is InChI=1S/C18H23N3O2/c1-12-13(2)20-21(14(12)3)9-8-19-18(22)16-10-15-6-4-5-7-17(15)23-11-16/h4-7,16H,8-11H2,1-3H3,(H,19,22). The van der Waals surface area contributed by atoms with Crippen molar-refractivity contribution < 1.29 is 9.53 Å². The molecule has 0 spiro atoms. The average Bonchev–Trinajstić information content (AvgIpc) is 2.81. The molecule has 1 atom stereocenters. The zero-order chi connectivity index (χ0) is 16.4. The maximum Gasteiger partial charge on any atom is 0.226 e. The van der Waals surface area contributed by atoms with Gasteiger partial charge in [0.2, 0.25) is 5.91 Å². The first-order chi connectivity index (χ1) is 11.1. The predicted molar refractivity (Wildman–Crippen MR) is 88.6 cm³/mol. The van der Waals surface area contributed by atoms with Crippen molar-refractivity contribution >= 4 is 5.91 Å². The van der Waals surface area contributed by atoms with Gasteiger partial charge < -0.3 is 10.1 Å². The average molecular weight is 313 g/mol. The van der Waals surface area contributed by atoms with E-state index in [-0.39, 0.29) is 11.8 Å². The van der Waals surface area contributed by atoms with E-state index in [1.807, 2.05) is 35.9 Å². The summed E-state index contributed by atoms with van der Waals surface area (Å²) in [6.07, 6.45) is 0.737. The Morgan fingerprint density at radius 3 is 2.87 bits per heavy atom. The van der Waals surface area contributed by atoms with Crippen LogP contribution in [-0.2, 0) is 17.8 Å². The van der Waals surface area contributed by atoms with E-state index in [9.17, 15) is 4.79 Å². The van der Waals surface area contributed by atoms with E-state index < -0.39 is 0 Å². The van der Waals surface area contributed by atoms with Crippen molar-refractivity contribution in [2.75, 3.05) is 13.2 Å². The molecular weight excluding hydrogens is 290 g/mol. The number of nitrogens with zero attached hydrogens (tertiary/aromatic N) is 2.